The van der Waals surface area contributed by atoms with Crippen molar-refractivity contribution in [2.45, 2.75) is 98.1 Å². The number of carbonyl (C=O) groups is 2. The lowest BCUT2D eigenvalue weighted by Crippen LogP contribution is -2.22. The van der Waals surface area contributed by atoms with Crippen molar-refractivity contribution in [1.82, 2.24) is 59.6 Å². The molecule has 0 saturated carbocycles. The second-order valence-electron chi connectivity index (χ2n) is 26.9. The van der Waals surface area contributed by atoms with Crippen molar-refractivity contribution in [3.8, 4) is 51.2 Å². The molecule has 538 valence electrons. The van der Waals surface area contributed by atoms with Gasteiger partial charge in [0.1, 0.15) is 0 Å². The highest BCUT2D eigenvalue weighted by Gasteiger charge is 2.31. The summed E-state index contributed by atoms with van der Waals surface area (Å²) < 4.78 is 28.7. The molecule has 10 aromatic heterocycles. The van der Waals surface area contributed by atoms with Crippen molar-refractivity contribution in [2.75, 3.05) is 28.2 Å². The monoisotopic (exact) mass is 1410 g/mol. The SMILES string of the molecule is CC(C)Cc1ncc(-c2c[nH]c3ccccc23)o1.CCCCCc1ncc(-c2c[nH]c3ccccc23)o1.CC[C@H](C)C[C@@H](c1nc(C(=O)O)c(-c2c[nH]c3ccccc23)o1)N(C)C.CN(C)[C@@H](Cc1ccccc1)c1nc(O)c(C(=O)c2c[nH]c3ccccc23)o1.c1ccc2c(-c3cnco3)c[nH]c2c1. The second kappa shape index (κ2) is 33.8. The number of carboxylic acids is 1. The minimum absolute atomic E-state index is 0.0410. The van der Waals surface area contributed by atoms with Gasteiger partial charge in [-0.25, -0.2) is 24.7 Å². The Morgan fingerprint density at radius 3 is 1.50 bits per heavy atom. The lowest BCUT2D eigenvalue weighted by molar-refractivity contribution is 0.0691. The maximum atomic E-state index is 13.0. The number of rotatable bonds is 22. The van der Waals surface area contributed by atoms with Gasteiger partial charge in [-0.15, -0.1) is 0 Å². The number of nitrogens with one attached hydrogen (secondary N) is 5. The fraction of sp³-hybridized carbons (Fsp3) is 0.250. The maximum Gasteiger partial charge on any atom is 0.358 e. The molecule has 105 heavy (non-hydrogen) atoms. The zero-order valence-electron chi connectivity index (χ0n) is 60.5. The molecular formula is C84H88N12O9. The lowest BCUT2D eigenvalue weighted by Gasteiger charge is -2.23. The molecule has 0 spiro atoms. The first-order valence-corrected chi connectivity index (χ1v) is 35.5. The van der Waals surface area contributed by atoms with Gasteiger partial charge in [0.05, 0.1) is 36.2 Å². The molecule has 0 unspecified atom stereocenters. The largest absolute Gasteiger partial charge is 0.490 e. The van der Waals surface area contributed by atoms with E-state index in [2.05, 4.69) is 115 Å². The minimum atomic E-state index is -1.08. The van der Waals surface area contributed by atoms with Gasteiger partial charge in [0.15, 0.2) is 46.9 Å². The van der Waals surface area contributed by atoms with E-state index in [4.69, 9.17) is 22.1 Å². The number of aromatic carboxylic acids is 1. The van der Waals surface area contributed by atoms with Crippen molar-refractivity contribution in [3.05, 3.63) is 254 Å². The Labute approximate surface area is 607 Å². The van der Waals surface area contributed by atoms with Gasteiger partial charge >= 0.3 is 5.97 Å². The van der Waals surface area contributed by atoms with Crippen LogP contribution < -0.4 is 0 Å². The highest BCUT2D eigenvalue weighted by Crippen LogP contribution is 2.38. The van der Waals surface area contributed by atoms with Crippen molar-refractivity contribution in [1.29, 1.82) is 0 Å². The average molecular weight is 1410 g/mol. The number of aromatic hydroxyl groups is 1. The third-order valence-corrected chi connectivity index (χ3v) is 18.4. The van der Waals surface area contributed by atoms with Gasteiger partial charge in [0, 0.05) is 121 Å². The topological polar surface area (TPSA) is 290 Å². The number of likely N-dealkylation sites (N-methyl/N-ethyl adjacent to an activating group) is 1. The van der Waals surface area contributed by atoms with Crippen LogP contribution in [0.3, 0.4) is 0 Å². The van der Waals surface area contributed by atoms with Crippen LogP contribution in [0.1, 0.15) is 135 Å². The summed E-state index contributed by atoms with van der Waals surface area (Å²) in [6.07, 6.45) is 24.1. The van der Waals surface area contributed by atoms with Crippen molar-refractivity contribution < 1.29 is 41.9 Å². The number of nitrogens with zero attached hydrogens (tertiary/aromatic N) is 7. The number of fused-ring (bicyclic) bond motifs is 5. The van der Waals surface area contributed by atoms with Crippen LogP contribution in [-0.4, -0.2) is 110 Å². The molecule has 16 rings (SSSR count). The smallest absolute Gasteiger partial charge is 0.358 e. The fourth-order valence-corrected chi connectivity index (χ4v) is 12.6. The van der Waals surface area contributed by atoms with E-state index in [-0.39, 0.29) is 29.4 Å². The number of aromatic amines is 5. The van der Waals surface area contributed by atoms with E-state index >= 15 is 0 Å². The number of benzene rings is 6. The number of unbranched alkanes of at least 4 members (excludes halogenated alkanes) is 2. The van der Waals surface area contributed by atoms with Gasteiger partial charge < -0.3 is 57.2 Å². The van der Waals surface area contributed by atoms with Gasteiger partial charge in [-0.05, 0) is 95.2 Å². The zero-order chi connectivity index (χ0) is 73.5. The van der Waals surface area contributed by atoms with Gasteiger partial charge in [-0.2, -0.15) is 4.98 Å². The summed E-state index contributed by atoms with van der Waals surface area (Å²) in [4.78, 5) is 65.8. The number of aryl methyl sites for hydroxylation is 1. The van der Waals surface area contributed by atoms with E-state index in [0.29, 0.717) is 41.4 Å². The highest BCUT2D eigenvalue weighted by atomic mass is 16.4. The second-order valence-corrected chi connectivity index (χ2v) is 26.9. The quantitative estimate of drug-likeness (QED) is 0.0245. The van der Waals surface area contributed by atoms with Crippen LogP contribution in [0, 0.1) is 11.8 Å². The highest BCUT2D eigenvalue weighted by molar-refractivity contribution is 6.16. The van der Waals surface area contributed by atoms with Crippen LogP contribution >= 0.6 is 0 Å². The molecule has 0 saturated heterocycles. The van der Waals surface area contributed by atoms with E-state index in [0.717, 1.165) is 133 Å². The van der Waals surface area contributed by atoms with Gasteiger partial charge in [-0.3, -0.25) is 14.6 Å². The third kappa shape index (κ3) is 17.2. The Morgan fingerprint density at radius 2 is 0.981 bits per heavy atom. The number of para-hydroxylation sites is 5. The van der Waals surface area contributed by atoms with Crippen LogP contribution in [0.25, 0.3) is 99.8 Å². The van der Waals surface area contributed by atoms with Crippen molar-refractivity contribution >= 4 is 66.3 Å². The Bertz CT molecular complexity index is 5440. The molecule has 16 aromatic rings. The molecule has 21 nitrogen and oxygen atoms in total. The minimum Gasteiger partial charge on any atom is -0.490 e. The summed E-state index contributed by atoms with van der Waals surface area (Å²) >= 11 is 0. The normalized spacial score (nSPS) is 12.3. The maximum absolute atomic E-state index is 13.0. The summed E-state index contributed by atoms with van der Waals surface area (Å²) in [7, 11) is 7.75. The predicted octanol–water partition coefficient (Wildman–Crippen LogP) is 19.9. The number of oxazole rings is 5. The molecule has 3 atom stereocenters. The predicted molar refractivity (Wildman–Crippen MR) is 411 cm³/mol. The summed E-state index contributed by atoms with van der Waals surface area (Å²) in [6.45, 7) is 10.9. The van der Waals surface area contributed by atoms with Crippen LogP contribution in [0.2, 0.25) is 0 Å². The number of carboxylic acid groups (broad SMARTS) is 1. The van der Waals surface area contributed by atoms with Gasteiger partial charge in [0.25, 0.3) is 5.88 Å². The summed E-state index contributed by atoms with van der Waals surface area (Å²) in [6, 6.07) is 49.5. The molecule has 21 heteroatoms. The number of ketones is 1. The standard InChI is InChI=1S/C22H21N3O3.C20H25N3O3.C16H18N2O.C15H16N2O.C11H8N2O/c1-25(2)18(12-14-8-4-3-5-9-14)22-24-21(27)20(28-22)19(26)16-13-23-17-11-7-6-10-15(16)17;1-5-12(2)10-16(23(3)4)19-22-17(20(24)25)18(26-19)14-11-21-15-9-7-6-8-13(14)15;1-2-3-4-9-16-18-11-15(19-16)13-10-17-14-8-6-5-7-12(13)14;1-10(2)7-15-17-9-14(18-15)12-8-16-13-6-4-3-5-11(12)13;1-2-4-10-8(3-1)9(5-13-10)11-6-12-7-14-11/h3-11,13,18,23,27H,12H2,1-2H3;6-9,11-12,16,21H,5,10H2,1-4H3,(H,24,25);5-8,10-11,17H,2-4,9H2,1H3;3-6,8-10,16H,7H2,1-2H3;1-7,13H/t18-;12-,16-;;;/m00.../s1. The Kier molecular flexibility index (Phi) is 23.4. The lowest BCUT2D eigenvalue weighted by atomic mass is 9.98. The fourth-order valence-electron chi connectivity index (χ4n) is 12.6. The van der Waals surface area contributed by atoms with E-state index < -0.39 is 11.8 Å². The number of H-pyrrole nitrogens is 5. The number of hydrogen-bond donors (Lipinski definition) is 7. The molecular weight excluding hydrogens is 1320 g/mol. The third-order valence-electron chi connectivity index (χ3n) is 18.4. The first kappa shape index (κ1) is 72.7. The van der Waals surface area contributed by atoms with E-state index in [1.165, 1.54) is 30.0 Å². The van der Waals surface area contributed by atoms with E-state index in [9.17, 15) is 19.8 Å². The molecule has 0 aliphatic heterocycles. The molecule has 0 aliphatic carbocycles. The molecule has 7 N–H and O–H groups in total. The number of aromatic nitrogens is 10. The van der Waals surface area contributed by atoms with Crippen LogP contribution in [0.5, 0.6) is 5.88 Å². The summed E-state index contributed by atoms with van der Waals surface area (Å²) in [5.41, 5.74) is 10.6. The Hall–Kier alpha value is -12.1. The molecule has 0 aliphatic rings. The van der Waals surface area contributed by atoms with Gasteiger partial charge in [-0.1, -0.05) is 175 Å². The summed E-state index contributed by atoms with van der Waals surface area (Å²) in [5, 5.41) is 25.2. The molecule has 6 aromatic carbocycles. The van der Waals surface area contributed by atoms with E-state index in [1.807, 2.05) is 190 Å². The zero-order valence-corrected chi connectivity index (χ0v) is 60.5. The molecule has 0 radical (unpaired) electrons. The van der Waals surface area contributed by atoms with Crippen molar-refractivity contribution in [3.63, 3.8) is 0 Å². The van der Waals surface area contributed by atoms with Crippen LogP contribution in [0.4, 0.5) is 0 Å². The average Bonchev–Trinajstić information content (AvgIpc) is 1.63. The molecule has 0 bridgehead atoms. The van der Waals surface area contributed by atoms with Gasteiger partial charge in [0.2, 0.25) is 23.3 Å². The number of carbonyl (C=O) groups excluding carboxylic acids is 1. The Balaban J connectivity index is 0.000000126. The van der Waals surface area contributed by atoms with Crippen LogP contribution in [-0.2, 0) is 19.3 Å². The molecule has 0 amide bonds. The first-order valence-electron chi connectivity index (χ1n) is 35.5. The molecule has 0 fully saturated rings. The summed E-state index contributed by atoms with van der Waals surface area (Å²) in [5.74, 6) is 4.24. The first-order chi connectivity index (χ1) is 51.0. The number of hydrogen-bond acceptors (Lipinski definition) is 15. The molecule has 10 heterocycles. The van der Waals surface area contributed by atoms with Crippen LogP contribution in [0.15, 0.2) is 230 Å². The van der Waals surface area contributed by atoms with Crippen molar-refractivity contribution in [2.24, 2.45) is 11.8 Å². The Morgan fingerprint density at radius 1 is 0.505 bits per heavy atom. The van der Waals surface area contributed by atoms with E-state index in [1.54, 1.807) is 18.6 Å².